The van der Waals surface area contributed by atoms with Crippen LogP contribution in [0.4, 0.5) is 0 Å². The van der Waals surface area contributed by atoms with Crippen molar-refractivity contribution < 1.29 is 21.5 Å². The maximum Gasteiger partial charge on any atom is 0.170 e. The number of aryl methyl sites for hydroxylation is 1. The molecule has 0 unspecified atom stereocenters. The van der Waals surface area contributed by atoms with E-state index in [4.69, 9.17) is 12.2 Å². The standard InChI is InChI=1S/C10H13N2.BrH/c1-2-10-4-8-12(9-5-10)7-3-6-11;/h1,4-5,8-9H,3,6-7,11H2;1H/q+1;/p-1. The van der Waals surface area contributed by atoms with Gasteiger partial charge in [0.25, 0.3) is 0 Å². The van der Waals surface area contributed by atoms with Crippen molar-refractivity contribution in [3.05, 3.63) is 30.1 Å². The quantitative estimate of drug-likeness (QED) is 0.453. The fraction of sp³-hybridized carbons (Fsp3) is 0.300. The minimum atomic E-state index is 0. The summed E-state index contributed by atoms with van der Waals surface area (Å²) in [5.74, 6) is 2.57. The first-order valence-electron chi connectivity index (χ1n) is 4.02. The van der Waals surface area contributed by atoms with Gasteiger partial charge in [0, 0.05) is 24.1 Å². The first-order chi connectivity index (χ1) is 5.86. The van der Waals surface area contributed by atoms with Crippen molar-refractivity contribution in [3.63, 3.8) is 0 Å². The number of halogens is 1. The zero-order valence-corrected chi connectivity index (χ0v) is 9.00. The van der Waals surface area contributed by atoms with Crippen LogP contribution in [0, 0.1) is 12.3 Å². The predicted molar refractivity (Wildman–Crippen MR) is 48.2 cm³/mol. The van der Waals surface area contributed by atoms with E-state index in [-0.39, 0.29) is 17.0 Å². The van der Waals surface area contributed by atoms with Crippen molar-refractivity contribution in [2.24, 2.45) is 5.73 Å². The van der Waals surface area contributed by atoms with Gasteiger partial charge in [-0.05, 0) is 6.54 Å². The number of rotatable bonds is 3. The third-order valence-electron chi connectivity index (χ3n) is 1.68. The molecule has 2 N–H and O–H groups in total. The van der Waals surface area contributed by atoms with Crippen LogP contribution in [0.2, 0.25) is 0 Å². The number of aromatic nitrogens is 1. The summed E-state index contributed by atoms with van der Waals surface area (Å²) in [6.07, 6.45) is 10.2. The smallest absolute Gasteiger partial charge is 0.170 e. The zero-order chi connectivity index (χ0) is 8.81. The molecule has 1 rings (SSSR count). The normalized spacial score (nSPS) is 8.62. The third kappa shape index (κ3) is 4.07. The predicted octanol–water partition coefficient (Wildman–Crippen LogP) is -2.69. The average molecular weight is 241 g/mol. The second-order valence-corrected chi connectivity index (χ2v) is 2.61. The van der Waals surface area contributed by atoms with E-state index in [0.717, 1.165) is 25.1 Å². The van der Waals surface area contributed by atoms with Gasteiger partial charge in [-0.15, -0.1) is 6.42 Å². The van der Waals surface area contributed by atoms with Crippen molar-refractivity contribution in [1.82, 2.24) is 0 Å². The lowest BCUT2D eigenvalue weighted by molar-refractivity contribution is -0.697. The first-order valence-corrected chi connectivity index (χ1v) is 4.02. The summed E-state index contributed by atoms with van der Waals surface area (Å²) in [6.45, 7) is 1.69. The molecule has 0 spiro atoms. The zero-order valence-electron chi connectivity index (χ0n) is 7.41. The van der Waals surface area contributed by atoms with Crippen molar-refractivity contribution in [2.75, 3.05) is 6.54 Å². The molecule has 2 nitrogen and oxygen atoms in total. The van der Waals surface area contributed by atoms with Gasteiger partial charge in [-0.1, -0.05) is 5.92 Å². The lowest BCUT2D eigenvalue weighted by atomic mass is 10.3. The highest BCUT2D eigenvalue weighted by Crippen LogP contribution is 1.90. The fourth-order valence-corrected chi connectivity index (χ4v) is 0.976. The van der Waals surface area contributed by atoms with Gasteiger partial charge in [0.1, 0.15) is 6.54 Å². The molecular weight excluding hydrogens is 228 g/mol. The molecule has 13 heavy (non-hydrogen) atoms. The SMILES string of the molecule is C#Cc1cc[n+](CCCN)cc1.[Br-]. The Morgan fingerprint density at radius 2 is 2.00 bits per heavy atom. The van der Waals surface area contributed by atoms with Crippen LogP contribution in [-0.2, 0) is 6.54 Å². The summed E-state index contributed by atoms with van der Waals surface area (Å²) in [4.78, 5) is 0. The molecule has 0 aromatic carbocycles. The summed E-state index contributed by atoms with van der Waals surface area (Å²) < 4.78 is 2.08. The monoisotopic (exact) mass is 240 g/mol. The molecule has 0 aliphatic carbocycles. The Balaban J connectivity index is 0.00000144. The number of pyridine rings is 1. The van der Waals surface area contributed by atoms with Crippen molar-refractivity contribution in [3.8, 4) is 12.3 Å². The maximum atomic E-state index is 5.39. The van der Waals surface area contributed by atoms with Gasteiger partial charge >= 0.3 is 0 Å². The minimum Gasteiger partial charge on any atom is -1.00 e. The molecule has 0 aliphatic rings. The Morgan fingerprint density at radius 1 is 1.38 bits per heavy atom. The van der Waals surface area contributed by atoms with Crippen LogP contribution in [0.3, 0.4) is 0 Å². The lowest BCUT2D eigenvalue weighted by Crippen LogP contribution is -3.00. The van der Waals surface area contributed by atoms with Gasteiger partial charge in [0.2, 0.25) is 0 Å². The highest BCUT2D eigenvalue weighted by molar-refractivity contribution is 5.27. The number of nitrogens with two attached hydrogens (primary N) is 1. The average Bonchev–Trinajstić information content (AvgIpc) is 2.15. The van der Waals surface area contributed by atoms with Crippen molar-refractivity contribution in [2.45, 2.75) is 13.0 Å². The largest absolute Gasteiger partial charge is 1.00 e. The molecule has 0 radical (unpaired) electrons. The van der Waals surface area contributed by atoms with Gasteiger partial charge in [-0.25, -0.2) is 4.57 Å². The fourth-order valence-electron chi connectivity index (χ4n) is 0.976. The van der Waals surface area contributed by atoms with Crippen LogP contribution in [0.25, 0.3) is 0 Å². The second-order valence-electron chi connectivity index (χ2n) is 2.61. The van der Waals surface area contributed by atoms with Crippen LogP contribution in [-0.4, -0.2) is 6.54 Å². The molecule has 3 heteroatoms. The molecule has 0 saturated carbocycles. The molecule has 70 valence electrons. The van der Waals surface area contributed by atoms with E-state index in [9.17, 15) is 0 Å². The van der Waals surface area contributed by atoms with Gasteiger partial charge in [0.15, 0.2) is 12.4 Å². The first kappa shape index (κ1) is 12.2. The van der Waals surface area contributed by atoms with Crippen molar-refractivity contribution >= 4 is 0 Å². The van der Waals surface area contributed by atoms with E-state index in [0.29, 0.717) is 0 Å². The van der Waals surface area contributed by atoms with Gasteiger partial charge in [-0.2, -0.15) is 0 Å². The minimum absolute atomic E-state index is 0. The van der Waals surface area contributed by atoms with E-state index >= 15 is 0 Å². The molecule has 0 saturated heterocycles. The Hall–Kier alpha value is -0.850. The number of nitrogens with zero attached hydrogens (tertiary/aromatic N) is 1. The molecule has 1 aromatic heterocycles. The van der Waals surface area contributed by atoms with Crippen LogP contribution >= 0.6 is 0 Å². The summed E-state index contributed by atoms with van der Waals surface area (Å²) in [5, 5.41) is 0. The maximum absolute atomic E-state index is 5.39. The van der Waals surface area contributed by atoms with E-state index in [1.165, 1.54) is 0 Å². The number of hydrogen-bond donors (Lipinski definition) is 1. The molecular formula is C10H13BrN2. The summed E-state index contributed by atoms with van der Waals surface area (Å²) in [5.41, 5.74) is 6.30. The van der Waals surface area contributed by atoms with E-state index in [1.54, 1.807) is 0 Å². The number of terminal acetylenes is 1. The van der Waals surface area contributed by atoms with Crippen LogP contribution in [0.5, 0.6) is 0 Å². The second kappa shape index (κ2) is 6.64. The summed E-state index contributed by atoms with van der Waals surface area (Å²) in [6, 6.07) is 3.85. The lowest BCUT2D eigenvalue weighted by Gasteiger charge is -1.94. The van der Waals surface area contributed by atoms with Crippen LogP contribution in [0.1, 0.15) is 12.0 Å². The highest BCUT2D eigenvalue weighted by atomic mass is 79.9. The summed E-state index contributed by atoms with van der Waals surface area (Å²) in [7, 11) is 0. The number of hydrogen-bond acceptors (Lipinski definition) is 1. The molecule has 1 aromatic rings. The van der Waals surface area contributed by atoms with Gasteiger partial charge in [-0.3, -0.25) is 0 Å². The molecule has 0 fully saturated rings. The van der Waals surface area contributed by atoms with Gasteiger partial charge in [0.05, 0.1) is 0 Å². The van der Waals surface area contributed by atoms with Crippen LogP contribution < -0.4 is 27.3 Å². The summed E-state index contributed by atoms with van der Waals surface area (Å²) >= 11 is 0. The Labute approximate surface area is 89.5 Å². The topological polar surface area (TPSA) is 29.9 Å². The van der Waals surface area contributed by atoms with Crippen molar-refractivity contribution in [1.29, 1.82) is 0 Å². The van der Waals surface area contributed by atoms with E-state index in [1.807, 2.05) is 24.5 Å². The highest BCUT2D eigenvalue weighted by Gasteiger charge is 1.97. The van der Waals surface area contributed by atoms with E-state index < -0.39 is 0 Å². The van der Waals surface area contributed by atoms with Gasteiger partial charge < -0.3 is 22.7 Å². The molecule has 1 heterocycles. The van der Waals surface area contributed by atoms with Crippen LogP contribution in [0.15, 0.2) is 24.5 Å². The molecule has 0 atom stereocenters. The molecule has 0 aliphatic heterocycles. The Kier molecular flexibility index (Phi) is 6.21. The Bertz CT molecular complexity index is 274. The molecule has 0 amide bonds. The molecule has 0 bridgehead atoms. The van der Waals surface area contributed by atoms with E-state index in [2.05, 4.69) is 10.5 Å². The third-order valence-corrected chi connectivity index (χ3v) is 1.68. The Morgan fingerprint density at radius 3 is 2.46 bits per heavy atom.